The normalized spacial score (nSPS) is 10.9. The zero-order valence-electron chi connectivity index (χ0n) is 9.87. The summed E-state index contributed by atoms with van der Waals surface area (Å²) in [5.74, 6) is 0.658. The van der Waals surface area contributed by atoms with Gasteiger partial charge in [-0.15, -0.1) is 0 Å². The Morgan fingerprint density at radius 1 is 1.39 bits per heavy atom. The van der Waals surface area contributed by atoms with E-state index in [1.165, 1.54) is 6.20 Å². The van der Waals surface area contributed by atoms with Crippen molar-refractivity contribution in [2.45, 2.75) is 19.8 Å². The number of H-pyrrole nitrogens is 1. The van der Waals surface area contributed by atoms with Crippen molar-refractivity contribution in [3.8, 4) is 11.5 Å². The fraction of sp³-hybridized carbons (Fsp3) is 0.250. The second-order valence-corrected chi connectivity index (χ2v) is 5.65. The number of aromatic amines is 1. The molecule has 0 aliphatic heterocycles. The first kappa shape index (κ1) is 13.5. The molecule has 2 heterocycles. The summed E-state index contributed by atoms with van der Waals surface area (Å²) >= 11 is 7.80. The van der Waals surface area contributed by atoms with Gasteiger partial charge in [0.2, 0.25) is 0 Å². The number of aromatic nitrogens is 3. The van der Waals surface area contributed by atoms with E-state index >= 15 is 0 Å². The highest BCUT2D eigenvalue weighted by atomic mass is 127. The topological polar surface area (TPSA) is 58.6 Å². The van der Waals surface area contributed by atoms with Crippen LogP contribution in [0, 0.1) is 3.57 Å². The van der Waals surface area contributed by atoms with E-state index in [-0.39, 0.29) is 11.5 Å². The van der Waals surface area contributed by atoms with Crippen molar-refractivity contribution in [1.82, 2.24) is 15.0 Å². The highest BCUT2D eigenvalue weighted by Gasteiger charge is 2.13. The molecule has 2 aromatic heterocycles. The summed E-state index contributed by atoms with van der Waals surface area (Å²) < 4.78 is 0.625. The zero-order valence-corrected chi connectivity index (χ0v) is 12.8. The molecule has 6 heteroatoms. The van der Waals surface area contributed by atoms with E-state index in [1.807, 2.05) is 36.4 Å². The maximum atomic E-state index is 11.8. The van der Waals surface area contributed by atoms with Gasteiger partial charge in [0.15, 0.2) is 5.82 Å². The summed E-state index contributed by atoms with van der Waals surface area (Å²) in [6.45, 7) is 4.01. The molecule has 2 aromatic rings. The fourth-order valence-corrected chi connectivity index (χ4v) is 2.49. The van der Waals surface area contributed by atoms with Gasteiger partial charge in [-0.1, -0.05) is 25.4 Å². The lowest BCUT2D eigenvalue weighted by Gasteiger charge is -2.08. The molecule has 0 aliphatic rings. The van der Waals surface area contributed by atoms with E-state index in [4.69, 9.17) is 11.6 Å². The van der Waals surface area contributed by atoms with E-state index in [9.17, 15) is 4.79 Å². The maximum absolute atomic E-state index is 11.8. The highest BCUT2D eigenvalue weighted by Crippen LogP contribution is 2.19. The number of hydrogen-bond donors (Lipinski definition) is 1. The average molecular weight is 376 g/mol. The summed E-state index contributed by atoms with van der Waals surface area (Å²) in [4.78, 5) is 23.2. The number of rotatable bonds is 2. The molecule has 4 nitrogen and oxygen atoms in total. The molecule has 0 saturated heterocycles. The van der Waals surface area contributed by atoms with Gasteiger partial charge in [-0.2, -0.15) is 0 Å². The molecule has 0 atom stereocenters. The number of pyridine rings is 1. The summed E-state index contributed by atoms with van der Waals surface area (Å²) in [6.07, 6.45) is 1.53. The van der Waals surface area contributed by atoms with Gasteiger partial charge in [-0.05, 0) is 40.6 Å². The second-order valence-electron chi connectivity index (χ2n) is 4.13. The van der Waals surface area contributed by atoms with Crippen LogP contribution < -0.4 is 5.56 Å². The average Bonchev–Trinajstić information content (AvgIpc) is 2.33. The predicted molar refractivity (Wildman–Crippen MR) is 79.9 cm³/mol. The van der Waals surface area contributed by atoms with E-state index in [2.05, 4.69) is 15.0 Å². The van der Waals surface area contributed by atoms with Crippen LogP contribution in [0.1, 0.15) is 25.5 Å². The Labute approximate surface area is 123 Å². The fourth-order valence-electron chi connectivity index (χ4n) is 1.50. The molecular formula is C12H11ClIN3O. The quantitative estimate of drug-likeness (QED) is 0.820. The van der Waals surface area contributed by atoms with Crippen molar-refractivity contribution in [3.05, 3.63) is 43.0 Å². The number of hydrogen-bond acceptors (Lipinski definition) is 3. The van der Waals surface area contributed by atoms with Crippen molar-refractivity contribution in [2.24, 2.45) is 0 Å². The van der Waals surface area contributed by atoms with E-state index in [1.54, 1.807) is 12.1 Å². The van der Waals surface area contributed by atoms with Crippen molar-refractivity contribution < 1.29 is 0 Å². The number of halogens is 2. The van der Waals surface area contributed by atoms with Gasteiger partial charge in [0, 0.05) is 6.20 Å². The first-order chi connectivity index (χ1) is 8.49. The molecule has 0 radical (unpaired) electrons. The Bertz CT molecular complexity index is 622. The molecule has 0 amide bonds. The Hall–Kier alpha value is -0.950. The van der Waals surface area contributed by atoms with E-state index in [0.29, 0.717) is 20.1 Å². The van der Waals surface area contributed by atoms with Crippen LogP contribution in [0.4, 0.5) is 0 Å². The van der Waals surface area contributed by atoms with Gasteiger partial charge in [-0.25, -0.2) is 4.98 Å². The monoisotopic (exact) mass is 375 g/mol. The van der Waals surface area contributed by atoms with Crippen molar-refractivity contribution in [1.29, 1.82) is 0 Å². The second kappa shape index (κ2) is 5.36. The minimum atomic E-state index is -0.138. The van der Waals surface area contributed by atoms with Crippen LogP contribution in [0.25, 0.3) is 11.5 Å². The molecule has 0 aliphatic carbocycles. The van der Waals surface area contributed by atoms with Crippen LogP contribution in [0.5, 0.6) is 0 Å². The van der Waals surface area contributed by atoms with Crippen LogP contribution >= 0.6 is 34.2 Å². The van der Waals surface area contributed by atoms with Crippen molar-refractivity contribution in [2.75, 3.05) is 0 Å². The molecule has 0 saturated carbocycles. The molecule has 18 heavy (non-hydrogen) atoms. The van der Waals surface area contributed by atoms with Gasteiger partial charge in [0.25, 0.3) is 5.56 Å². The molecule has 0 aromatic carbocycles. The third-order valence-electron chi connectivity index (χ3n) is 2.41. The molecule has 0 unspecified atom stereocenters. The van der Waals surface area contributed by atoms with Crippen LogP contribution in [0.15, 0.2) is 23.1 Å². The molecule has 0 bridgehead atoms. The zero-order chi connectivity index (χ0) is 13.3. The van der Waals surface area contributed by atoms with Gasteiger partial charge in [-0.3, -0.25) is 9.78 Å². The minimum Gasteiger partial charge on any atom is -0.304 e. The van der Waals surface area contributed by atoms with Gasteiger partial charge in [0.1, 0.15) is 5.69 Å². The first-order valence-electron chi connectivity index (χ1n) is 5.40. The minimum absolute atomic E-state index is 0.138. The number of nitrogens with one attached hydrogen (secondary N) is 1. The van der Waals surface area contributed by atoms with Crippen molar-refractivity contribution in [3.63, 3.8) is 0 Å². The molecular weight excluding hydrogens is 365 g/mol. The summed E-state index contributed by atoms with van der Waals surface area (Å²) in [6, 6.07) is 3.45. The SMILES string of the molecule is CC(C)c1nc(-c2ccc(Cl)cn2)[nH]c(=O)c1I. The van der Waals surface area contributed by atoms with Crippen LogP contribution in [0.2, 0.25) is 5.02 Å². The Morgan fingerprint density at radius 2 is 2.11 bits per heavy atom. The summed E-state index contributed by atoms with van der Waals surface area (Å²) in [7, 11) is 0. The van der Waals surface area contributed by atoms with E-state index in [0.717, 1.165) is 5.69 Å². The predicted octanol–water partition coefficient (Wildman–Crippen LogP) is 3.21. The van der Waals surface area contributed by atoms with Gasteiger partial charge in [0.05, 0.1) is 14.3 Å². The Balaban J connectivity index is 2.59. The largest absolute Gasteiger partial charge is 0.304 e. The number of nitrogens with zero attached hydrogens (tertiary/aromatic N) is 2. The Kier molecular flexibility index (Phi) is 4.01. The van der Waals surface area contributed by atoms with Gasteiger partial charge < -0.3 is 4.98 Å². The molecule has 0 spiro atoms. The van der Waals surface area contributed by atoms with Crippen LogP contribution in [-0.2, 0) is 0 Å². The van der Waals surface area contributed by atoms with Crippen LogP contribution in [0.3, 0.4) is 0 Å². The lowest BCUT2D eigenvalue weighted by Crippen LogP contribution is -2.17. The van der Waals surface area contributed by atoms with E-state index < -0.39 is 0 Å². The molecule has 2 rings (SSSR count). The first-order valence-corrected chi connectivity index (χ1v) is 6.86. The van der Waals surface area contributed by atoms with Gasteiger partial charge >= 0.3 is 0 Å². The standard InChI is InChI=1S/C12H11ClIN3O/c1-6(2)10-9(14)12(18)17-11(16-10)8-4-3-7(13)5-15-8/h3-6H,1-2H3,(H,16,17,18). The van der Waals surface area contributed by atoms with Crippen molar-refractivity contribution >= 4 is 34.2 Å². The lowest BCUT2D eigenvalue weighted by molar-refractivity contribution is 0.801. The smallest absolute Gasteiger partial charge is 0.264 e. The van der Waals surface area contributed by atoms with Crippen LogP contribution in [-0.4, -0.2) is 15.0 Å². The summed E-state index contributed by atoms with van der Waals surface area (Å²) in [5, 5.41) is 0.552. The highest BCUT2D eigenvalue weighted by molar-refractivity contribution is 14.1. The summed E-state index contributed by atoms with van der Waals surface area (Å²) in [5.41, 5.74) is 1.25. The molecule has 1 N–H and O–H groups in total. The third kappa shape index (κ3) is 2.72. The molecule has 0 fully saturated rings. The molecule has 94 valence electrons. The third-order valence-corrected chi connectivity index (χ3v) is 3.67. The Morgan fingerprint density at radius 3 is 2.67 bits per heavy atom. The maximum Gasteiger partial charge on any atom is 0.264 e. The lowest BCUT2D eigenvalue weighted by atomic mass is 10.1.